The standard InChI is InChI=1S/C24H32BN2O8S2/c26-36(28,29)23-13-11-19(15-21(23)32-17-7-3-1-4-8-17)34-25-35-20-12-14-24(37(27,30)31)22(16-20)33-18-9-5-2-6-10-18/h11-18H,1-10H2,(H2,26,28,29)(H2,27,30,31). The molecule has 10 nitrogen and oxygen atoms in total. The van der Waals surface area contributed by atoms with Crippen molar-refractivity contribution in [3.8, 4) is 23.0 Å². The smallest absolute Gasteiger partial charge is 0.526 e. The maximum atomic E-state index is 12.0. The van der Waals surface area contributed by atoms with Gasteiger partial charge >= 0.3 is 7.69 Å². The molecule has 0 saturated heterocycles. The van der Waals surface area contributed by atoms with Crippen LogP contribution in [0.15, 0.2) is 46.2 Å². The van der Waals surface area contributed by atoms with E-state index in [9.17, 15) is 16.8 Å². The Hall–Kier alpha value is -2.48. The Morgan fingerprint density at radius 3 is 1.35 bits per heavy atom. The second-order valence-corrected chi connectivity index (χ2v) is 12.5. The number of hydrogen-bond donors (Lipinski definition) is 2. The number of nitrogens with two attached hydrogens (primary N) is 2. The highest BCUT2D eigenvalue weighted by Crippen LogP contribution is 2.33. The molecule has 0 heterocycles. The molecule has 201 valence electrons. The van der Waals surface area contributed by atoms with E-state index in [2.05, 4.69) is 0 Å². The Balaban J connectivity index is 1.45. The van der Waals surface area contributed by atoms with E-state index >= 15 is 0 Å². The first kappa shape index (κ1) is 27.6. The van der Waals surface area contributed by atoms with E-state index in [1.165, 1.54) is 36.4 Å². The van der Waals surface area contributed by atoms with E-state index in [1.54, 1.807) is 0 Å². The van der Waals surface area contributed by atoms with E-state index in [1.807, 2.05) is 0 Å². The van der Waals surface area contributed by atoms with Crippen LogP contribution in [0.4, 0.5) is 0 Å². The van der Waals surface area contributed by atoms with Crippen LogP contribution in [-0.4, -0.2) is 36.7 Å². The summed E-state index contributed by atoms with van der Waals surface area (Å²) in [6, 6.07) is 8.44. The van der Waals surface area contributed by atoms with Crippen molar-refractivity contribution >= 4 is 27.7 Å². The van der Waals surface area contributed by atoms with Gasteiger partial charge in [-0.1, -0.05) is 12.8 Å². The fourth-order valence-electron chi connectivity index (χ4n) is 4.64. The molecule has 1 radical (unpaired) electrons. The molecule has 37 heavy (non-hydrogen) atoms. The highest BCUT2D eigenvalue weighted by Gasteiger charge is 2.23. The monoisotopic (exact) mass is 551 g/mol. The molecule has 0 unspecified atom stereocenters. The van der Waals surface area contributed by atoms with Crippen LogP contribution in [0.25, 0.3) is 0 Å². The highest BCUT2D eigenvalue weighted by atomic mass is 32.2. The molecule has 2 aromatic carbocycles. The van der Waals surface area contributed by atoms with Crippen molar-refractivity contribution in [1.29, 1.82) is 0 Å². The van der Waals surface area contributed by atoms with Crippen molar-refractivity contribution < 1.29 is 35.6 Å². The summed E-state index contributed by atoms with van der Waals surface area (Å²) in [6.45, 7) is 0. The van der Waals surface area contributed by atoms with Crippen molar-refractivity contribution in [3.05, 3.63) is 36.4 Å². The molecule has 2 aliphatic rings. The first-order valence-electron chi connectivity index (χ1n) is 12.4. The lowest BCUT2D eigenvalue weighted by Crippen LogP contribution is -2.22. The zero-order valence-corrected chi connectivity index (χ0v) is 22.1. The molecule has 0 amide bonds. The van der Waals surface area contributed by atoms with Crippen LogP contribution in [0.1, 0.15) is 64.2 Å². The first-order chi connectivity index (χ1) is 17.6. The van der Waals surface area contributed by atoms with Crippen LogP contribution >= 0.6 is 0 Å². The lowest BCUT2D eigenvalue weighted by Gasteiger charge is -2.24. The van der Waals surface area contributed by atoms with Crippen molar-refractivity contribution in [2.45, 2.75) is 86.2 Å². The molecule has 0 aromatic heterocycles. The number of rotatable bonds is 10. The predicted octanol–water partition coefficient (Wildman–Crippen LogP) is 3.40. The van der Waals surface area contributed by atoms with Crippen molar-refractivity contribution in [2.24, 2.45) is 10.3 Å². The zero-order valence-electron chi connectivity index (χ0n) is 20.5. The first-order valence-corrected chi connectivity index (χ1v) is 15.5. The third-order valence-corrected chi connectivity index (χ3v) is 8.40. The molecule has 4 N–H and O–H groups in total. The molecule has 0 spiro atoms. The lowest BCUT2D eigenvalue weighted by molar-refractivity contribution is 0.150. The van der Waals surface area contributed by atoms with E-state index in [0.717, 1.165) is 71.9 Å². The normalized spacial score (nSPS) is 17.7. The Bertz CT molecular complexity index is 1190. The van der Waals surface area contributed by atoms with Crippen LogP contribution in [0.5, 0.6) is 23.0 Å². The van der Waals surface area contributed by atoms with Gasteiger partial charge in [-0.3, -0.25) is 0 Å². The summed E-state index contributed by atoms with van der Waals surface area (Å²) in [4.78, 5) is -0.233. The van der Waals surface area contributed by atoms with Crippen LogP contribution in [0, 0.1) is 0 Å². The number of benzene rings is 2. The molecule has 0 atom stereocenters. The Morgan fingerprint density at radius 2 is 1.00 bits per heavy atom. The quantitative estimate of drug-likeness (QED) is 0.426. The average Bonchev–Trinajstić information content (AvgIpc) is 2.84. The summed E-state index contributed by atoms with van der Waals surface area (Å²) in [5, 5.41) is 10.7. The maximum absolute atomic E-state index is 12.0. The van der Waals surface area contributed by atoms with Gasteiger partial charge in [0.2, 0.25) is 20.0 Å². The van der Waals surface area contributed by atoms with Crippen molar-refractivity contribution in [2.75, 3.05) is 0 Å². The number of primary sulfonamides is 2. The summed E-state index contributed by atoms with van der Waals surface area (Å²) in [7, 11) is -6.94. The van der Waals surface area contributed by atoms with E-state index in [4.69, 9.17) is 29.1 Å². The summed E-state index contributed by atoms with van der Waals surface area (Å²) in [6.07, 6.45) is 9.49. The second kappa shape index (κ2) is 11.9. The van der Waals surface area contributed by atoms with Crippen molar-refractivity contribution in [3.63, 3.8) is 0 Å². The summed E-state index contributed by atoms with van der Waals surface area (Å²) >= 11 is 0. The molecule has 2 aliphatic carbocycles. The van der Waals surface area contributed by atoms with Gasteiger partial charge in [-0.05, 0) is 75.6 Å². The summed E-state index contributed by atoms with van der Waals surface area (Å²) < 4.78 is 71.2. The minimum Gasteiger partial charge on any atom is -0.526 e. The van der Waals surface area contributed by atoms with Gasteiger partial charge in [-0.2, -0.15) is 0 Å². The molecule has 0 aliphatic heterocycles. The molecule has 13 heteroatoms. The minimum atomic E-state index is -3.99. The highest BCUT2D eigenvalue weighted by molar-refractivity contribution is 7.89. The van der Waals surface area contributed by atoms with Gasteiger partial charge in [-0.15, -0.1) is 0 Å². The Labute approximate surface area is 219 Å². The molecule has 2 aromatic rings. The zero-order chi connectivity index (χ0) is 26.5. The van der Waals surface area contributed by atoms with Crippen LogP contribution in [0.2, 0.25) is 0 Å². The minimum absolute atomic E-state index is 0.0929. The number of ether oxygens (including phenoxy) is 2. The molecular weight excluding hydrogens is 519 g/mol. The topological polar surface area (TPSA) is 157 Å². The average molecular weight is 551 g/mol. The molecule has 4 rings (SSSR count). The van der Waals surface area contributed by atoms with Gasteiger partial charge in [0.25, 0.3) is 0 Å². The van der Waals surface area contributed by atoms with Crippen molar-refractivity contribution in [1.82, 2.24) is 0 Å². The van der Waals surface area contributed by atoms with Gasteiger partial charge < -0.3 is 18.8 Å². The van der Waals surface area contributed by atoms with Gasteiger partial charge in [0.1, 0.15) is 32.8 Å². The van der Waals surface area contributed by atoms with E-state index in [-0.39, 0.29) is 45.0 Å². The fourth-order valence-corrected chi connectivity index (χ4v) is 5.93. The van der Waals surface area contributed by atoms with E-state index in [0.29, 0.717) is 0 Å². The third-order valence-electron chi connectivity index (χ3n) is 6.50. The predicted molar refractivity (Wildman–Crippen MR) is 138 cm³/mol. The molecule has 2 saturated carbocycles. The van der Waals surface area contributed by atoms with Gasteiger partial charge in [0.15, 0.2) is 0 Å². The van der Waals surface area contributed by atoms with Crippen LogP contribution in [-0.2, 0) is 20.0 Å². The summed E-state index contributed by atoms with van der Waals surface area (Å²) in [5.74, 6) is 0.804. The number of sulfonamides is 2. The third kappa shape index (κ3) is 7.76. The van der Waals surface area contributed by atoms with Gasteiger partial charge in [-0.25, -0.2) is 27.1 Å². The molecule has 2 fully saturated rings. The van der Waals surface area contributed by atoms with Crippen LogP contribution < -0.4 is 29.1 Å². The molecule has 0 bridgehead atoms. The SMILES string of the molecule is NS(=O)(=O)c1ccc(O[B]Oc2ccc(S(N)(=O)=O)c(OC3CCCCC3)c2)cc1OC1CCCCC1. The maximum Gasteiger partial charge on any atom is 0.658 e. The van der Waals surface area contributed by atoms with Crippen LogP contribution in [0.3, 0.4) is 0 Å². The Kier molecular flexibility index (Phi) is 8.88. The summed E-state index contributed by atoms with van der Waals surface area (Å²) in [5.41, 5.74) is 0. The largest absolute Gasteiger partial charge is 0.658 e. The van der Waals surface area contributed by atoms with Gasteiger partial charge in [0.05, 0.1) is 12.2 Å². The number of hydrogen-bond acceptors (Lipinski definition) is 8. The molecular formula is C24H32BN2O8S2. The second-order valence-electron chi connectivity index (χ2n) is 9.39. The van der Waals surface area contributed by atoms with Gasteiger partial charge in [0, 0.05) is 12.1 Å². The lowest BCUT2D eigenvalue weighted by atomic mass is 9.98. The fraction of sp³-hybridized carbons (Fsp3) is 0.500. The van der Waals surface area contributed by atoms with E-state index < -0.39 is 20.0 Å². The Morgan fingerprint density at radius 1 is 0.622 bits per heavy atom.